The van der Waals surface area contributed by atoms with Crippen molar-refractivity contribution in [2.75, 3.05) is 0 Å². The van der Waals surface area contributed by atoms with Crippen LogP contribution >= 0.6 is 0 Å². The van der Waals surface area contributed by atoms with Crippen molar-refractivity contribution in [1.29, 1.82) is 0 Å². The second kappa shape index (κ2) is 5.82. The molecule has 0 radical (unpaired) electrons. The number of aldehydes is 1. The third-order valence-electron chi connectivity index (χ3n) is 0.756. The van der Waals surface area contributed by atoms with Crippen molar-refractivity contribution in [2.45, 2.75) is 6.92 Å². The number of aromatic hydroxyl groups is 1. The Kier molecular flexibility index (Phi) is 5.06. The molecular weight excluding hydrogens is 128 g/mol. The summed E-state index contributed by atoms with van der Waals surface area (Å²) in [6, 6.07) is 8.71. The zero-order valence-corrected chi connectivity index (χ0v) is 5.82. The summed E-state index contributed by atoms with van der Waals surface area (Å²) in [4.78, 5) is 8.81. The minimum Gasteiger partial charge on any atom is -0.508 e. The third-order valence-corrected chi connectivity index (χ3v) is 0.756. The van der Waals surface area contributed by atoms with Gasteiger partial charge >= 0.3 is 0 Å². The average Bonchev–Trinajstić information content (AvgIpc) is 1.91. The SMILES string of the molecule is CC=O.Oc1ccccc1. The lowest BCUT2D eigenvalue weighted by molar-refractivity contribution is -0.106. The van der Waals surface area contributed by atoms with Crippen LogP contribution in [-0.2, 0) is 4.79 Å². The smallest absolute Gasteiger partial charge is 0.116 e. The number of phenolic OH excluding ortho intramolecular Hbond substituents is 1. The predicted octanol–water partition coefficient (Wildman–Crippen LogP) is 1.60. The van der Waals surface area contributed by atoms with Gasteiger partial charge in [0.15, 0.2) is 0 Å². The molecular formula is C8H10O2. The lowest BCUT2D eigenvalue weighted by Gasteiger charge is -1.82. The summed E-state index contributed by atoms with van der Waals surface area (Å²) in [6.07, 6.45) is 0.750. The van der Waals surface area contributed by atoms with Crippen molar-refractivity contribution in [1.82, 2.24) is 0 Å². The van der Waals surface area contributed by atoms with Crippen LogP contribution in [0.3, 0.4) is 0 Å². The molecule has 1 rings (SSSR count). The van der Waals surface area contributed by atoms with E-state index in [1.54, 1.807) is 24.3 Å². The summed E-state index contributed by atoms with van der Waals surface area (Å²) in [7, 11) is 0. The molecule has 1 aromatic rings. The Morgan fingerprint density at radius 1 is 1.30 bits per heavy atom. The highest BCUT2D eigenvalue weighted by molar-refractivity contribution is 5.44. The number of para-hydroxylation sites is 1. The average molecular weight is 138 g/mol. The van der Waals surface area contributed by atoms with Crippen LogP contribution in [0.5, 0.6) is 5.75 Å². The second-order valence-electron chi connectivity index (χ2n) is 1.57. The van der Waals surface area contributed by atoms with E-state index >= 15 is 0 Å². The molecule has 1 N–H and O–H groups in total. The number of hydrogen-bond acceptors (Lipinski definition) is 2. The second-order valence-corrected chi connectivity index (χ2v) is 1.57. The number of carbonyl (C=O) groups excluding carboxylic acids is 1. The Morgan fingerprint density at radius 3 is 1.90 bits per heavy atom. The predicted molar refractivity (Wildman–Crippen MR) is 39.8 cm³/mol. The zero-order valence-electron chi connectivity index (χ0n) is 5.82. The first-order valence-corrected chi connectivity index (χ1v) is 2.95. The van der Waals surface area contributed by atoms with Gasteiger partial charge in [0.25, 0.3) is 0 Å². The maximum absolute atomic E-state index is 8.81. The van der Waals surface area contributed by atoms with Gasteiger partial charge < -0.3 is 9.90 Å². The molecule has 0 saturated heterocycles. The van der Waals surface area contributed by atoms with Crippen molar-refractivity contribution in [2.24, 2.45) is 0 Å². The third kappa shape index (κ3) is 4.84. The fourth-order valence-corrected chi connectivity index (χ4v) is 0.428. The summed E-state index contributed by atoms with van der Waals surface area (Å²) in [5.41, 5.74) is 0. The van der Waals surface area contributed by atoms with Crippen molar-refractivity contribution in [3.05, 3.63) is 30.3 Å². The molecule has 0 atom stereocenters. The molecule has 0 unspecified atom stereocenters. The van der Waals surface area contributed by atoms with Gasteiger partial charge in [0.05, 0.1) is 0 Å². The van der Waals surface area contributed by atoms with E-state index in [1.165, 1.54) is 6.92 Å². The van der Waals surface area contributed by atoms with Gasteiger partial charge in [-0.3, -0.25) is 0 Å². The van der Waals surface area contributed by atoms with Gasteiger partial charge in [-0.05, 0) is 19.1 Å². The number of carbonyl (C=O) groups is 1. The van der Waals surface area contributed by atoms with E-state index in [1.807, 2.05) is 6.07 Å². The highest BCUT2D eigenvalue weighted by Crippen LogP contribution is 2.02. The molecule has 0 fully saturated rings. The van der Waals surface area contributed by atoms with Gasteiger partial charge in [-0.1, -0.05) is 18.2 Å². The van der Waals surface area contributed by atoms with E-state index < -0.39 is 0 Å². The Balaban J connectivity index is 0.000000236. The fourth-order valence-electron chi connectivity index (χ4n) is 0.428. The molecule has 0 bridgehead atoms. The fraction of sp³-hybridized carbons (Fsp3) is 0.125. The largest absolute Gasteiger partial charge is 0.508 e. The quantitative estimate of drug-likeness (QED) is 0.553. The first-order valence-electron chi connectivity index (χ1n) is 2.95. The molecule has 0 saturated carbocycles. The Hall–Kier alpha value is -1.31. The molecule has 0 aromatic heterocycles. The summed E-state index contributed by atoms with van der Waals surface area (Å²) in [6.45, 7) is 1.44. The number of phenols is 1. The van der Waals surface area contributed by atoms with Crippen LogP contribution < -0.4 is 0 Å². The Labute approximate surface area is 60.1 Å². The summed E-state index contributed by atoms with van der Waals surface area (Å²) in [5, 5.41) is 8.63. The lowest BCUT2D eigenvalue weighted by Crippen LogP contribution is -1.56. The van der Waals surface area contributed by atoms with E-state index in [2.05, 4.69) is 0 Å². The van der Waals surface area contributed by atoms with Gasteiger partial charge in [-0.25, -0.2) is 0 Å². The van der Waals surface area contributed by atoms with Gasteiger partial charge in [-0.15, -0.1) is 0 Å². The number of rotatable bonds is 0. The van der Waals surface area contributed by atoms with Crippen LogP contribution in [0.25, 0.3) is 0 Å². The molecule has 10 heavy (non-hydrogen) atoms. The van der Waals surface area contributed by atoms with Gasteiger partial charge in [-0.2, -0.15) is 0 Å². The standard InChI is InChI=1S/C6H6O.C2H4O/c7-6-4-2-1-3-5-6;1-2-3/h1-5,7H;2H,1H3. The van der Waals surface area contributed by atoms with Crippen molar-refractivity contribution in [3.8, 4) is 5.75 Å². The summed E-state index contributed by atoms with van der Waals surface area (Å²) >= 11 is 0. The maximum atomic E-state index is 8.81. The molecule has 2 nitrogen and oxygen atoms in total. The maximum Gasteiger partial charge on any atom is 0.116 e. The number of hydrogen-bond donors (Lipinski definition) is 1. The Morgan fingerprint density at radius 2 is 1.70 bits per heavy atom. The molecule has 0 aliphatic heterocycles. The normalized spacial score (nSPS) is 7.30. The van der Waals surface area contributed by atoms with E-state index in [0.717, 1.165) is 6.29 Å². The van der Waals surface area contributed by atoms with Crippen LogP contribution in [0.4, 0.5) is 0 Å². The topological polar surface area (TPSA) is 37.3 Å². The van der Waals surface area contributed by atoms with E-state index in [4.69, 9.17) is 9.90 Å². The van der Waals surface area contributed by atoms with E-state index in [0.29, 0.717) is 5.75 Å². The number of benzene rings is 1. The summed E-state index contributed by atoms with van der Waals surface area (Å²) < 4.78 is 0. The van der Waals surface area contributed by atoms with Crippen molar-refractivity contribution >= 4 is 6.29 Å². The minimum atomic E-state index is 0.322. The Bertz CT molecular complexity index is 170. The molecule has 0 heterocycles. The van der Waals surface area contributed by atoms with Crippen LogP contribution in [-0.4, -0.2) is 11.4 Å². The first kappa shape index (κ1) is 8.69. The van der Waals surface area contributed by atoms with E-state index in [9.17, 15) is 0 Å². The van der Waals surface area contributed by atoms with Gasteiger partial charge in [0.2, 0.25) is 0 Å². The highest BCUT2D eigenvalue weighted by atomic mass is 16.3. The molecule has 0 spiro atoms. The highest BCUT2D eigenvalue weighted by Gasteiger charge is 1.74. The van der Waals surface area contributed by atoms with Crippen LogP contribution in [0, 0.1) is 0 Å². The molecule has 0 amide bonds. The molecule has 54 valence electrons. The monoisotopic (exact) mass is 138 g/mol. The van der Waals surface area contributed by atoms with Gasteiger partial charge in [0.1, 0.15) is 12.0 Å². The minimum absolute atomic E-state index is 0.322. The first-order chi connectivity index (χ1) is 4.81. The van der Waals surface area contributed by atoms with Crippen LogP contribution in [0.1, 0.15) is 6.92 Å². The van der Waals surface area contributed by atoms with Crippen molar-refractivity contribution < 1.29 is 9.90 Å². The summed E-state index contributed by atoms with van der Waals surface area (Å²) in [5.74, 6) is 0.322. The molecule has 2 heteroatoms. The van der Waals surface area contributed by atoms with Crippen LogP contribution in [0.15, 0.2) is 30.3 Å². The molecule has 0 aliphatic rings. The van der Waals surface area contributed by atoms with E-state index in [-0.39, 0.29) is 0 Å². The van der Waals surface area contributed by atoms with Gasteiger partial charge in [0, 0.05) is 0 Å². The van der Waals surface area contributed by atoms with Crippen molar-refractivity contribution in [3.63, 3.8) is 0 Å². The zero-order chi connectivity index (χ0) is 7.82. The molecule has 1 aromatic carbocycles. The molecule has 0 aliphatic carbocycles. The van der Waals surface area contributed by atoms with Crippen LogP contribution in [0.2, 0.25) is 0 Å². The lowest BCUT2D eigenvalue weighted by atomic mass is 10.3.